The second kappa shape index (κ2) is 10.8. The Bertz CT molecular complexity index is 1240. The Balaban J connectivity index is 1.62. The number of phenolic OH excluding ortho intramolecular Hbond substituents is 2. The minimum absolute atomic E-state index is 0.104. The Kier molecular flexibility index (Phi) is 7.86. The number of ether oxygens (including phenoxy) is 1. The zero-order chi connectivity index (χ0) is 24.2. The van der Waals surface area contributed by atoms with Crippen LogP contribution >= 0.6 is 47.8 Å². The Morgan fingerprint density at radius 2 is 1.74 bits per heavy atom. The monoisotopic (exact) mass is 655 g/mol. The van der Waals surface area contributed by atoms with Crippen molar-refractivity contribution in [3.8, 4) is 11.5 Å². The van der Waals surface area contributed by atoms with E-state index in [-0.39, 0.29) is 21.9 Å². The molecule has 1 aliphatic heterocycles. The van der Waals surface area contributed by atoms with Crippen LogP contribution in [0.4, 0.5) is 23.5 Å². The summed E-state index contributed by atoms with van der Waals surface area (Å²) in [5.41, 5.74) is 5.09. The molecular formula is C21H20Br3N7O3. The van der Waals surface area contributed by atoms with Crippen LogP contribution in [0.15, 0.2) is 42.8 Å². The maximum Gasteiger partial charge on any atom is 0.250 e. The smallest absolute Gasteiger partial charge is 0.250 e. The van der Waals surface area contributed by atoms with Crippen molar-refractivity contribution in [3.05, 3.63) is 48.8 Å². The number of hydrazone groups is 1. The molecule has 2 heterocycles. The SMILES string of the molecule is Cc1ccc(Nc2nc(N/N=C/c3cc(Br)c(O)c(Br)c3O)nc(N3CCOCC3)n2)c(Br)c1. The standard InChI is InChI=1S/C21H20Br3N7O3/c1-11-2-3-15(13(22)8-11)26-19-27-20(29-21(28-19)31-4-6-34-7-5-31)30-25-10-12-9-14(23)18(33)16(24)17(12)32/h2-3,8-10,32-33H,4-7H2,1H3,(H2,26,27,28,29,30)/b25-10+. The fourth-order valence-electron chi connectivity index (χ4n) is 3.09. The first-order valence-corrected chi connectivity index (χ1v) is 12.5. The molecule has 0 amide bonds. The van der Waals surface area contributed by atoms with Crippen LogP contribution in [0.1, 0.15) is 11.1 Å². The first kappa shape index (κ1) is 24.6. The number of nitrogens with one attached hydrogen (secondary N) is 2. The van der Waals surface area contributed by atoms with Crippen LogP contribution in [0.2, 0.25) is 0 Å². The number of aryl methyl sites for hydroxylation is 1. The zero-order valence-electron chi connectivity index (χ0n) is 17.9. The van der Waals surface area contributed by atoms with Gasteiger partial charge < -0.3 is 25.2 Å². The number of morpholine rings is 1. The van der Waals surface area contributed by atoms with E-state index >= 15 is 0 Å². The molecule has 4 rings (SSSR count). The lowest BCUT2D eigenvalue weighted by Crippen LogP contribution is -2.37. The molecule has 34 heavy (non-hydrogen) atoms. The van der Waals surface area contributed by atoms with Gasteiger partial charge in [0, 0.05) is 23.1 Å². The predicted molar refractivity (Wildman–Crippen MR) is 141 cm³/mol. The summed E-state index contributed by atoms with van der Waals surface area (Å²) in [6.07, 6.45) is 1.39. The molecule has 0 radical (unpaired) electrons. The fourth-order valence-corrected chi connectivity index (χ4v) is 4.84. The van der Waals surface area contributed by atoms with Crippen LogP contribution in [-0.4, -0.2) is 57.7 Å². The van der Waals surface area contributed by atoms with Crippen LogP contribution in [-0.2, 0) is 4.74 Å². The molecule has 0 bridgehead atoms. The van der Waals surface area contributed by atoms with Crippen molar-refractivity contribution < 1.29 is 14.9 Å². The lowest BCUT2D eigenvalue weighted by Gasteiger charge is -2.27. The minimum atomic E-state index is -0.150. The molecule has 0 atom stereocenters. The van der Waals surface area contributed by atoms with E-state index in [1.807, 2.05) is 30.0 Å². The van der Waals surface area contributed by atoms with Gasteiger partial charge in [-0.15, -0.1) is 0 Å². The van der Waals surface area contributed by atoms with E-state index in [0.717, 1.165) is 15.7 Å². The summed E-state index contributed by atoms with van der Waals surface area (Å²) in [5, 5.41) is 27.5. The summed E-state index contributed by atoms with van der Waals surface area (Å²) in [6.45, 7) is 4.50. The van der Waals surface area contributed by atoms with E-state index in [1.54, 1.807) is 0 Å². The minimum Gasteiger partial charge on any atom is -0.506 e. The van der Waals surface area contributed by atoms with E-state index < -0.39 is 0 Å². The fraction of sp³-hybridized carbons (Fsp3) is 0.238. The molecule has 1 saturated heterocycles. The van der Waals surface area contributed by atoms with Gasteiger partial charge >= 0.3 is 0 Å². The van der Waals surface area contributed by atoms with Crippen LogP contribution in [0.3, 0.4) is 0 Å². The lowest BCUT2D eigenvalue weighted by atomic mass is 10.2. The van der Waals surface area contributed by atoms with Crippen LogP contribution < -0.4 is 15.6 Å². The topological polar surface area (TPSA) is 128 Å². The van der Waals surface area contributed by atoms with Gasteiger partial charge in [0.2, 0.25) is 17.8 Å². The molecule has 178 valence electrons. The Hall–Kier alpha value is -2.48. The summed E-state index contributed by atoms with van der Waals surface area (Å²) in [5.74, 6) is 0.794. The highest BCUT2D eigenvalue weighted by atomic mass is 79.9. The Labute approximate surface area is 220 Å². The number of benzene rings is 2. The average molecular weight is 658 g/mol. The molecule has 4 N–H and O–H groups in total. The quantitative estimate of drug-likeness (QED) is 0.216. The summed E-state index contributed by atoms with van der Waals surface area (Å²) < 4.78 is 6.88. The summed E-state index contributed by atoms with van der Waals surface area (Å²) in [7, 11) is 0. The molecule has 0 spiro atoms. The van der Waals surface area contributed by atoms with Crippen molar-refractivity contribution in [1.29, 1.82) is 0 Å². The molecule has 10 nitrogen and oxygen atoms in total. The second-order valence-electron chi connectivity index (χ2n) is 7.32. The van der Waals surface area contributed by atoms with Gasteiger partial charge in [0.25, 0.3) is 0 Å². The molecule has 1 fully saturated rings. The highest BCUT2D eigenvalue weighted by Gasteiger charge is 2.17. The largest absolute Gasteiger partial charge is 0.506 e. The Morgan fingerprint density at radius 3 is 2.47 bits per heavy atom. The van der Waals surface area contributed by atoms with Crippen molar-refractivity contribution >= 4 is 77.5 Å². The molecule has 0 unspecified atom stereocenters. The molecule has 1 aliphatic rings. The third-order valence-corrected chi connectivity index (χ3v) is 6.87. The number of hydrogen-bond donors (Lipinski definition) is 4. The van der Waals surface area contributed by atoms with Crippen molar-refractivity contribution in [1.82, 2.24) is 15.0 Å². The normalized spacial score (nSPS) is 13.9. The molecule has 0 aliphatic carbocycles. The molecule has 13 heteroatoms. The lowest BCUT2D eigenvalue weighted by molar-refractivity contribution is 0.122. The maximum absolute atomic E-state index is 10.2. The van der Waals surface area contributed by atoms with E-state index in [4.69, 9.17) is 4.74 Å². The van der Waals surface area contributed by atoms with Gasteiger partial charge in [-0.05, 0) is 78.5 Å². The van der Waals surface area contributed by atoms with Gasteiger partial charge in [0.05, 0.1) is 29.6 Å². The first-order valence-electron chi connectivity index (χ1n) is 10.1. The molecule has 3 aromatic rings. The van der Waals surface area contributed by atoms with Crippen molar-refractivity contribution in [2.24, 2.45) is 5.10 Å². The van der Waals surface area contributed by atoms with Crippen molar-refractivity contribution in [2.75, 3.05) is 41.9 Å². The second-order valence-corrected chi connectivity index (χ2v) is 9.82. The van der Waals surface area contributed by atoms with Crippen molar-refractivity contribution in [2.45, 2.75) is 6.92 Å². The summed E-state index contributed by atoms with van der Waals surface area (Å²) in [4.78, 5) is 15.5. The summed E-state index contributed by atoms with van der Waals surface area (Å²) in [6, 6.07) is 7.46. The molecule has 2 aromatic carbocycles. The maximum atomic E-state index is 10.2. The highest BCUT2D eigenvalue weighted by Crippen LogP contribution is 2.40. The third-order valence-electron chi connectivity index (χ3n) is 4.85. The number of anilines is 4. The average Bonchev–Trinajstić information content (AvgIpc) is 2.83. The molecule has 1 aromatic heterocycles. The van der Waals surface area contributed by atoms with Crippen LogP contribution in [0, 0.1) is 6.92 Å². The number of rotatable bonds is 6. The van der Waals surface area contributed by atoms with Crippen molar-refractivity contribution in [3.63, 3.8) is 0 Å². The number of halogens is 3. The van der Waals surface area contributed by atoms with Gasteiger partial charge in [-0.1, -0.05) is 6.07 Å². The van der Waals surface area contributed by atoms with E-state index in [2.05, 4.69) is 78.6 Å². The first-order chi connectivity index (χ1) is 16.3. The van der Waals surface area contributed by atoms with Crippen LogP contribution in [0.25, 0.3) is 0 Å². The van der Waals surface area contributed by atoms with E-state index in [9.17, 15) is 10.2 Å². The third kappa shape index (κ3) is 5.77. The predicted octanol–water partition coefficient (Wildman–Crippen LogP) is 4.90. The zero-order valence-corrected chi connectivity index (χ0v) is 22.6. The Morgan fingerprint density at radius 1 is 1.00 bits per heavy atom. The van der Waals surface area contributed by atoms with Gasteiger partial charge in [-0.25, -0.2) is 5.43 Å². The van der Waals surface area contributed by atoms with E-state index in [1.165, 1.54) is 12.3 Å². The molecule has 0 saturated carbocycles. The number of aromatic hydroxyl groups is 2. The number of phenols is 2. The van der Waals surface area contributed by atoms with Crippen LogP contribution in [0.5, 0.6) is 11.5 Å². The number of aromatic nitrogens is 3. The van der Waals surface area contributed by atoms with E-state index in [0.29, 0.717) is 48.2 Å². The number of nitrogens with zero attached hydrogens (tertiary/aromatic N) is 5. The number of hydrogen-bond acceptors (Lipinski definition) is 10. The highest BCUT2D eigenvalue weighted by molar-refractivity contribution is 9.11. The van der Waals surface area contributed by atoms with Gasteiger partial charge in [-0.3, -0.25) is 0 Å². The van der Waals surface area contributed by atoms with Gasteiger partial charge in [0.1, 0.15) is 16.0 Å². The van der Waals surface area contributed by atoms with Gasteiger partial charge in [-0.2, -0.15) is 20.1 Å². The van der Waals surface area contributed by atoms with Gasteiger partial charge in [0.15, 0.2) is 0 Å². The molecular weight excluding hydrogens is 638 g/mol. The summed E-state index contributed by atoms with van der Waals surface area (Å²) >= 11 is 9.95.